The molecule has 0 heterocycles. The van der Waals surface area contributed by atoms with E-state index in [1.165, 1.54) is 19.2 Å². The number of nitrogens with one attached hydrogen (secondary N) is 1. The number of carbonyl (C=O) groups is 1. The lowest BCUT2D eigenvalue weighted by Gasteiger charge is -2.10. The number of ether oxygens (including phenoxy) is 1. The highest BCUT2D eigenvalue weighted by molar-refractivity contribution is 7.89. The maximum Gasteiger partial charge on any atom is 0.255 e. The number of sulfonamides is 1. The second-order valence-corrected chi connectivity index (χ2v) is 7.88. The molecule has 132 valence electrons. The van der Waals surface area contributed by atoms with E-state index in [-0.39, 0.29) is 22.8 Å². The first-order valence-corrected chi connectivity index (χ1v) is 9.49. The Morgan fingerprint density at radius 1 is 1.24 bits per heavy atom. The van der Waals surface area contributed by atoms with Crippen LogP contribution >= 0.6 is 11.6 Å². The molecule has 0 aromatic heterocycles. The topological polar surface area (TPSA) is 98.5 Å². The van der Waals surface area contributed by atoms with Gasteiger partial charge in [-0.15, -0.1) is 0 Å². The van der Waals surface area contributed by atoms with E-state index in [1.807, 2.05) is 0 Å². The molecule has 2 atom stereocenters. The summed E-state index contributed by atoms with van der Waals surface area (Å²) in [4.78, 5) is 12.5. The fourth-order valence-corrected chi connectivity index (χ4v) is 3.42. The molecule has 1 saturated carbocycles. The standard InChI is InChI=1S/C17H17ClN2O4S/c1-24-16-7-4-11(18)8-14(16)17(21)20-15-9-13(15)10-2-5-12(6-3-10)25(19,22)23/h2-8,13,15H,9H2,1H3,(H,20,21)(H2,19,22,23). The van der Waals surface area contributed by atoms with Gasteiger partial charge in [0.05, 0.1) is 17.6 Å². The molecule has 3 rings (SSSR count). The molecule has 8 heteroatoms. The van der Waals surface area contributed by atoms with Gasteiger partial charge in [-0.05, 0) is 42.3 Å². The number of amides is 1. The molecule has 2 aromatic rings. The predicted molar refractivity (Wildman–Crippen MR) is 94.4 cm³/mol. The van der Waals surface area contributed by atoms with Gasteiger partial charge in [-0.2, -0.15) is 0 Å². The van der Waals surface area contributed by atoms with Gasteiger partial charge in [0.15, 0.2) is 0 Å². The fraction of sp³-hybridized carbons (Fsp3) is 0.235. The zero-order valence-corrected chi connectivity index (χ0v) is 15.0. The number of carbonyl (C=O) groups excluding carboxylic acids is 1. The molecule has 25 heavy (non-hydrogen) atoms. The van der Waals surface area contributed by atoms with Gasteiger partial charge < -0.3 is 10.1 Å². The second kappa shape index (κ2) is 6.67. The summed E-state index contributed by atoms with van der Waals surface area (Å²) in [6, 6.07) is 11.2. The van der Waals surface area contributed by atoms with Crippen LogP contribution in [0.2, 0.25) is 5.02 Å². The predicted octanol–water partition coefficient (Wildman–Crippen LogP) is 2.28. The summed E-state index contributed by atoms with van der Waals surface area (Å²) in [7, 11) is -2.21. The smallest absolute Gasteiger partial charge is 0.255 e. The van der Waals surface area contributed by atoms with E-state index >= 15 is 0 Å². The Morgan fingerprint density at radius 3 is 2.52 bits per heavy atom. The van der Waals surface area contributed by atoms with Crippen LogP contribution in [0.1, 0.15) is 28.3 Å². The van der Waals surface area contributed by atoms with E-state index < -0.39 is 10.0 Å². The Balaban J connectivity index is 1.69. The van der Waals surface area contributed by atoms with E-state index in [2.05, 4.69) is 5.32 Å². The maximum atomic E-state index is 12.4. The highest BCUT2D eigenvalue weighted by Gasteiger charge is 2.40. The van der Waals surface area contributed by atoms with E-state index in [9.17, 15) is 13.2 Å². The molecular formula is C17H17ClN2O4S. The molecule has 0 saturated heterocycles. The van der Waals surface area contributed by atoms with Crippen LogP contribution in [-0.4, -0.2) is 27.5 Å². The third-order valence-corrected chi connectivity index (χ3v) is 5.31. The minimum Gasteiger partial charge on any atom is -0.496 e. The Labute approximate surface area is 151 Å². The third-order valence-electron chi connectivity index (χ3n) is 4.15. The van der Waals surface area contributed by atoms with Crippen molar-refractivity contribution in [3.63, 3.8) is 0 Å². The van der Waals surface area contributed by atoms with E-state index in [1.54, 1.807) is 30.3 Å². The molecule has 1 fully saturated rings. The van der Waals surface area contributed by atoms with Crippen LogP contribution in [0, 0.1) is 0 Å². The molecule has 1 aliphatic rings. The lowest BCUT2D eigenvalue weighted by Crippen LogP contribution is -2.27. The molecule has 2 unspecified atom stereocenters. The summed E-state index contributed by atoms with van der Waals surface area (Å²) in [6.07, 6.45) is 0.781. The van der Waals surface area contributed by atoms with Crippen molar-refractivity contribution in [3.05, 3.63) is 58.6 Å². The molecule has 1 amide bonds. The van der Waals surface area contributed by atoms with Gasteiger partial charge in [0.1, 0.15) is 5.75 Å². The van der Waals surface area contributed by atoms with Gasteiger partial charge in [0, 0.05) is 17.0 Å². The van der Waals surface area contributed by atoms with Gasteiger partial charge >= 0.3 is 0 Å². The van der Waals surface area contributed by atoms with Crippen LogP contribution in [0.4, 0.5) is 0 Å². The Bertz CT molecular complexity index is 913. The number of hydrogen-bond donors (Lipinski definition) is 2. The van der Waals surface area contributed by atoms with Crippen LogP contribution in [0.15, 0.2) is 47.4 Å². The first-order chi connectivity index (χ1) is 11.8. The summed E-state index contributed by atoms with van der Waals surface area (Å²) in [6.45, 7) is 0. The van der Waals surface area contributed by atoms with Crippen LogP contribution < -0.4 is 15.2 Å². The quantitative estimate of drug-likeness (QED) is 0.831. The average Bonchev–Trinajstić information content (AvgIpc) is 3.33. The number of rotatable bonds is 5. The van der Waals surface area contributed by atoms with Gasteiger partial charge in [0.25, 0.3) is 5.91 Å². The van der Waals surface area contributed by atoms with Gasteiger partial charge in [-0.1, -0.05) is 23.7 Å². The van der Waals surface area contributed by atoms with Crippen molar-refractivity contribution in [2.45, 2.75) is 23.3 Å². The van der Waals surface area contributed by atoms with Crippen molar-refractivity contribution in [1.82, 2.24) is 5.32 Å². The minimum atomic E-state index is -3.70. The molecule has 0 radical (unpaired) electrons. The van der Waals surface area contributed by atoms with Crippen molar-refractivity contribution in [2.24, 2.45) is 5.14 Å². The first-order valence-electron chi connectivity index (χ1n) is 7.57. The molecule has 0 spiro atoms. The second-order valence-electron chi connectivity index (χ2n) is 5.88. The lowest BCUT2D eigenvalue weighted by molar-refractivity contribution is 0.0947. The average molecular weight is 381 g/mol. The zero-order valence-electron chi connectivity index (χ0n) is 13.4. The SMILES string of the molecule is COc1ccc(Cl)cc1C(=O)NC1CC1c1ccc(S(N)(=O)=O)cc1. The van der Waals surface area contributed by atoms with Crippen molar-refractivity contribution in [3.8, 4) is 5.75 Å². The van der Waals surface area contributed by atoms with Gasteiger partial charge in [-0.3, -0.25) is 4.79 Å². The van der Waals surface area contributed by atoms with E-state index in [0.29, 0.717) is 16.3 Å². The highest BCUT2D eigenvalue weighted by atomic mass is 35.5. The number of primary sulfonamides is 1. The van der Waals surface area contributed by atoms with E-state index in [0.717, 1.165) is 12.0 Å². The van der Waals surface area contributed by atoms with Gasteiger partial charge in [-0.25, -0.2) is 13.6 Å². The number of methoxy groups -OCH3 is 1. The first kappa shape index (κ1) is 17.7. The van der Waals surface area contributed by atoms with Crippen LogP contribution in [0.25, 0.3) is 0 Å². The Morgan fingerprint density at radius 2 is 1.92 bits per heavy atom. The van der Waals surface area contributed by atoms with E-state index in [4.69, 9.17) is 21.5 Å². The molecule has 3 N–H and O–H groups in total. The minimum absolute atomic E-state index is 0.0171. The largest absolute Gasteiger partial charge is 0.496 e. The molecular weight excluding hydrogens is 364 g/mol. The van der Waals surface area contributed by atoms with Crippen molar-refractivity contribution in [1.29, 1.82) is 0 Å². The zero-order chi connectivity index (χ0) is 18.2. The summed E-state index contributed by atoms with van der Waals surface area (Å²) < 4.78 is 27.8. The Hall–Kier alpha value is -2.09. The fourth-order valence-electron chi connectivity index (χ4n) is 2.73. The van der Waals surface area contributed by atoms with Gasteiger partial charge in [0.2, 0.25) is 10.0 Å². The molecule has 6 nitrogen and oxygen atoms in total. The number of benzene rings is 2. The third kappa shape index (κ3) is 3.95. The normalized spacial score (nSPS) is 19.3. The molecule has 2 aromatic carbocycles. The van der Waals surface area contributed by atoms with Crippen LogP contribution in [0.3, 0.4) is 0 Å². The summed E-state index contributed by atoms with van der Waals surface area (Å²) in [5, 5.41) is 8.49. The summed E-state index contributed by atoms with van der Waals surface area (Å²) in [5.74, 6) is 0.341. The monoisotopic (exact) mass is 380 g/mol. The molecule has 1 aliphatic carbocycles. The maximum absolute atomic E-state index is 12.4. The summed E-state index contributed by atoms with van der Waals surface area (Å²) in [5.41, 5.74) is 1.33. The van der Waals surface area contributed by atoms with Crippen LogP contribution in [0.5, 0.6) is 5.75 Å². The number of nitrogens with two attached hydrogens (primary N) is 1. The van der Waals surface area contributed by atoms with Crippen molar-refractivity contribution >= 4 is 27.5 Å². The highest BCUT2D eigenvalue weighted by Crippen LogP contribution is 2.41. The number of halogens is 1. The van der Waals surface area contributed by atoms with Crippen molar-refractivity contribution in [2.75, 3.05) is 7.11 Å². The van der Waals surface area contributed by atoms with Crippen LogP contribution in [-0.2, 0) is 10.0 Å². The summed E-state index contributed by atoms with van der Waals surface area (Å²) >= 11 is 5.95. The molecule has 0 aliphatic heterocycles. The van der Waals surface area contributed by atoms with Crippen molar-refractivity contribution < 1.29 is 17.9 Å². The number of hydrogen-bond acceptors (Lipinski definition) is 4. The lowest BCUT2D eigenvalue weighted by atomic mass is 10.1. The molecule has 0 bridgehead atoms. The Kier molecular flexibility index (Phi) is 4.73.